The van der Waals surface area contributed by atoms with Crippen LogP contribution in [-0.2, 0) is 13.1 Å². The fraction of sp³-hybridized carbons (Fsp3) is 0.556. The predicted molar refractivity (Wildman–Crippen MR) is 91.6 cm³/mol. The average molecular weight is 330 g/mol. The van der Waals surface area contributed by atoms with Crippen molar-refractivity contribution in [2.45, 2.75) is 45.8 Å². The molecule has 0 bridgehead atoms. The molecule has 1 aliphatic rings. The second-order valence-corrected chi connectivity index (χ2v) is 6.25. The highest BCUT2D eigenvalue weighted by atomic mass is 16.4. The van der Waals surface area contributed by atoms with Crippen molar-refractivity contribution in [2.24, 2.45) is 0 Å². The van der Waals surface area contributed by atoms with E-state index < -0.39 is 0 Å². The summed E-state index contributed by atoms with van der Waals surface area (Å²) in [4.78, 5) is 17.0. The van der Waals surface area contributed by atoms with Gasteiger partial charge in [0.25, 0.3) is 5.91 Å². The van der Waals surface area contributed by atoms with Crippen molar-refractivity contribution in [3.05, 3.63) is 42.1 Å². The number of hydrogen-bond acceptors (Lipinski definition) is 4. The van der Waals surface area contributed by atoms with Crippen LogP contribution in [0.3, 0.4) is 0 Å². The number of amides is 1. The van der Waals surface area contributed by atoms with Crippen LogP contribution in [0.15, 0.2) is 35.0 Å². The summed E-state index contributed by atoms with van der Waals surface area (Å²) in [6.07, 6.45) is 5.76. The predicted octanol–water partition coefficient (Wildman–Crippen LogP) is 2.62. The maximum absolute atomic E-state index is 12.8. The first-order chi connectivity index (χ1) is 11.7. The van der Waals surface area contributed by atoms with E-state index in [1.807, 2.05) is 34.0 Å². The lowest BCUT2D eigenvalue weighted by atomic mass is 10.2. The molecular formula is C18H26N4O2. The van der Waals surface area contributed by atoms with Crippen LogP contribution in [-0.4, -0.2) is 51.2 Å². The minimum Gasteiger partial charge on any atom is -0.455 e. The highest BCUT2D eigenvalue weighted by Gasteiger charge is 2.31. The molecule has 0 aliphatic carbocycles. The number of carbonyl (C=O) groups is 1. The first-order valence-electron chi connectivity index (χ1n) is 8.80. The SMILES string of the molecule is CCN(CC)Cc1ccc(C(=O)N2CCCC2Cn2cccn2)o1. The van der Waals surface area contributed by atoms with Gasteiger partial charge >= 0.3 is 0 Å². The van der Waals surface area contributed by atoms with Gasteiger partial charge in [0, 0.05) is 18.9 Å². The van der Waals surface area contributed by atoms with Crippen molar-refractivity contribution in [3.63, 3.8) is 0 Å². The van der Waals surface area contributed by atoms with Gasteiger partial charge in [0.15, 0.2) is 5.76 Å². The maximum Gasteiger partial charge on any atom is 0.289 e. The van der Waals surface area contributed by atoms with Gasteiger partial charge in [-0.15, -0.1) is 0 Å². The molecule has 1 aliphatic heterocycles. The average Bonchev–Trinajstić information content (AvgIpc) is 3.34. The first-order valence-corrected chi connectivity index (χ1v) is 8.80. The molecule has 0 radical (unpaired) electrons. The normalized spacial score (nSPS) is 17.8. The molecule has 2 aromatic rings. The number of rotatable bonds is 7. The Bertz CT molecular complexity index is 646. The third kappa shape index (κ3) is 3.70. The summed E-state index contributed by atoms with van der Waals surface area (Å²) in [5.74, 6) is 1.30. The molecule has 3 rings (SSSR count). The largest absolute Gasteiger partial charge is 0.455 e. The van der Waals surface area contributed by atoms with Crippen LogP contribution in [0.25, 0.3) is 0 Å². The number of furan rings is 1. The lowest BCUT2D eigenvalue weighted by Gasteiger charge is -2.23. The molecule has 2 aromatic heterocycles. The van der Waals surface area contributed by atoms with Crippen molar-refractivity contribution >= 4 is 5.91 Å². The van der Waals surface area contributed by atoms with Gasteiger partial charge < -0.3 is 9.32 Å². The van der Waals surface area contributed by atoms with E-state index in [0.717, 1.165) is 51.3 Å². The van der Waals surface area contributed by atoms with E-state index in [1.54, 1.807) is 6.20 Å². The molecule has 0 aromatic carbocycles. The van der Waals surface area contributed by atoms with Crippen molar-refractivity contribution < 1.29 is 9.21 Å². The van der Waals surface area contributed by atoms with E-state index in [2.05, 4.69) is 23.8 Å². The van der Waals surface area contributed by atoms with Crippen molar-refractivity contribution in [3.8, 4) is 0 Å². The zero-order valence-corrected chi connectivity index (χ0v) is 14.5. The summed E-state index contributed by atoms with van der Waals surface area (Å²) in [7, 11) is 0. The Balaban J connectivity index is 1.66. The molecule has 0 N–H and O–H groups in total. The van der Waals surface area contributed by atoms with Crippen molar-refractivity contribution in [2.75, 3.05) is 19.6 Å². The van der Waals surface area contributed by atoms with Crippen LogP contribution in [0.5, 0.6) is 0 Å². The van der Waals surface area contributed by atoms with Gasteiger partial charge in [-0.3, -0.25) is 14.4 Å². The third-order valence-corrected chi connectivity index (χ3v) is 4.74. The molecule has 1 unspecified atom stereocenters. The highest BCUT2D eigenvalue weighted by Crippen LogP contribution is 2.22. The molecule has 130 valence electrons. The van der Waals surface area contributed by atoms with Gasteiger partial charge in [-0.2, -0.15) is 5.10 Å². The molecule has 1 amide bonds. The number of likely N-dealkylation sites (tertiary alicyclic amines) is 1. The van der Waals surface area contributed by atoms with Crippen molar-refractivity contribution in [1.82, 2.24) is 19.6 Å². The molecule has 6 nitrogen and oxygen atoms in total. The number of nitrogens with zero attached hydrogens (tertiary/aromatic N) is 4. The van der Waals surface area contributed by atoms with E-state index in [0.29, 0.717) is 5.76 Å². The summed E-state index contributed by atoms with van der Waals surface area (Å²) in [6, 6.07) is 5.83. The molecule has 0 saturated carbocycles. The van der Waals surface area contributed by atoms with Gasteiger partial charge in [0.1, 0.15) is 5.76 Å². The van der Waals surface area contributed by atoms with Crippen molar-refractivity contribution in [1.29, 1.82) is 0 Å². The molecule has 3 heterocycles. The van der Waals surface area contributed by atoms with E-state index >= 15 is 0 Å². The monoisotopic (exact) mass is 330 g/mol. The lowest BCUT2D eigenvalue weighted by molar-refractivity contribution is 0.0685. The summed E-state index contributed by atoms with van der Waals surface area (Å²) in [5.41, 5.74) is 0. The number of hydrogen-bond donors (Lipinski definition) is 0. The smallest absolute Gasteiger partial charge is 0.289 e. The zero-order chi connectivity index (χ0) is 16.9. The Labute approximate surface area is 143 Å². The fourth-order valence-electron chi connectivity index (χ4n) is 3.30. The van der Waals surface area contributed by atoms with Crippen LogP contribution in [0, 0.1) is 0 Å². The van der Waals surface area contributed by atoms with Gasteiger partial charge in [0.05, 0.1) is 19.1 Å². The standard InChI is InChI=1S/C18H26N4O2/c1-3-20(4-2)14-16-8-9-17(24-16)18(23)22-12-5-7-15(22)13-21-11-6-10-19-21/h6,8-11,15H,3-5,7,12-14H2,1-2H3. The molecule has 0 spiro atoms. The summed E-state index contributed by atoms with van der Waals surface area (Å²) >= 11 is 0. The Morgan fingerprint density at radius 3 is 2.92 bits per heavy atom. The highest BCUT2D eigenvalue weighted by molar-refractivity contribution is 5.92. The van der Waals surface area contributed by atoms with Crippen LogP contribution in [0.4, 0.5) is 0 Å². The minimum absolute atomic E-state index is 0.00421. The minimum atomic E-state index is -0.00421. The number of carbonyl (C=O) groups excluding carboxylic acids is 1. The Kier molecular flexibility index (Phi) is 5.35. The molecule has 24 heavy (non-hydrogen) atoms. The van der Waals surface area contributed by atoms with Gasteiger partial charge in [0.2, 0.25) is 0 Å². The van der Waals surface area contributed by atoms with Gasteiger partial charge in [-0.1, -0.05) is 13.8 Å². The van der Waals surface area contributed by atoms with Crippen LogP contribution < -0.4 is 0 Å². The van der Waals surface area contributed by atoms with Crippen LogP contribution in [0.2, 0.25) is 0 Å². The molecular weight excluding hydrogens is 304 g/mol. The Morgan fingerprint density at radius 2 is 2.21 bits per heavy atom. The zero-order valence-electron chi connectivity index (χ0n) is 14.5. The van der Waals surface area contributed by atoms with Crippen LogP contribution in [0.1, 0.15) is 43.0 Å². The lowest BCUT2D eigenvalue weighted by Crippen LogP contribution is -2.38. The topological polar surface area (TPSA) is 54.5 Å². The van der Waals surface area contributed by atoms with E-state index in [4.69, 9.17) is 4.42 Å². The van der Waals surface area contributed by atoms with E-state index in [1.165, 1.54) is 0 Å². The third-order valence-electron chi connectivity index (χ3n) is 4.74. The fourth-order valence-corrected chi connectivity index (χ4v) is 3.30. The Hall–Kier alpha value is -2.08. The van der Waals surface area contributed by atoms with Crippen LogP contribution >= 0.6 is 0 Å². The number of aromatic nitrogens is 2. The summed E-state index contributed by atoms with van der Waals surface area (Å²) < 4.78 is 7.71. The summed E-state index contributed by atoms with van der Waals surface area (Å²) in [6.45, 7) is 8.47. The van der Waals surface area contributed by atoms with E-state index in [9.17, 15) is 4.79 Å². The first kappa shape index (κ1) is 16.8. The van der Waals surface area contributed by atoms with Gasteiger partial charge in [-0.05, 0) is 44.1 Å². The summed E-state index contributed by atoms with van der Waals surface area (Å²) in [5, 5.41) is 4.25. The van der Waals surface area contributed by atoms with E-state index in [-0.39, 0.29) is 11.9 Å². The maximum atomic E-state index is 12.8. The molecule has 1 atom stereocenters. The molecule has 1 fully saturated rings. The quantitative estimate of drug-likeness (QED) is 0.783. The molecule has 6 heteroatoms. The molecule has 1 saturated heterocycles. The Morgan fingerprint density at radius 1 is 1.38 bits per heavy atom. The second-order valence-electron chi connectivity index (χ2n) is 6.25. The van der Waals surface area contributed by atoms with Gasteiger partial charge in [-0.25, -0.2) is 0 Å². The second kappa shape index (κ2) is 7.66.